The number of aromatic amines is 1. The van der Waals surface area contributed by atoms with Gasteiger partial charge in [-0.1, -0.05) is 51.1 Å². The monoisotopic (exact) mass is 485 g/mol. The third-order valence-corrected chi connectivity index (χ3v) is 7.62. The van der Waals surface area contributed by atoms with Crippen LogP contribution in [0.15, 0.2) is 60.7 Å². The van der Waals surface area contributed by atoms with Crippen LogP contribution in [0.3, 0.4) is 0 Å². The van der Waals surface area contributed by atoms with E-state index in [-0.39, 0.29) is 25.2 Å². The van der Waals surface area contributed by atoms with Crippen LogP contribution in [0.4, 0.5) is 4.39 Å². The molecule has 0 spiro atoms. The molecule has 3 aromatic carbocycles. The molecule has 2 aliphatic rings. The van der Waals surface area contributed by atoms with E-state index in [9.17, 15) is 9.18 Å². The topological polar surface area (TPSA) is 51.3 Å². The van der Waals surface area contributed by atoms with Gasteiger partial charge in [-0.3, -0.25) is 4.79 Å². The minimum Gasteiger partial charge on any atom is -0.454 e. The molecule has 1 aliphatic heterocycles. The predicted molar refractivity (Wildman–Crippen MR) is 141 cm³/mol. The van der Waals surface area contributed by atoms with Gasteiger partial charge in [0.05, 0.1) is 5.41 Å². The number of nitrogens with one attached hydrogen (secondary N) is 1. The first kappa shape index (κ1) is 22.8. The SMILES string of the molecule is CC(C)(C)c1[nH]c2ccc(CC(=O)C3(c4ccc5c(c4)OCO5)CC3)cc2c1Cc1ccccc1F.[HH]. The highest BCUT2D eigenvalue weighted by atomic mass is 19.1. The zero-order valence-electron chi connectivity index (χ0n) is 20.9. The molecule has 0 amide bonds. The predicted octanol–water partition coefficient (Wildman–Crippen LogP) is 7.01. The van der Waals surface area contributed by atoms with Crippen molar-refractivity contribution in [1.82, 2.24) is 4.98 Å². The van der Waals surface area contributed by atoms with Gasteiger partial charge in [-0.2, -0.15) is 0 Å². The lowest BCUT2D eigenvalue weighted by Crippen LogP contribution is -2.22. The van der Waals surface area contributed by atoms with Gasteiger partial charge in [0.2, 0.25) is 6.79 Å². The number of ether oxygens (including phenoxy) is 2. The molecule has 1 aliphatic carbocycles. The number of Topliss-reactive ketones (excluding diaryl/α,β-unsaturated/α-hetero) is 1. The lowest BCUT2D eigenvalue weighted by atomic mass is 9.86. The smallest absolute Gasteiger partial charge is 0.231 e. The van der Waals surface area contributed by atoms with E-state index in [2.05, 4.69) is 37.9 Å². The zero-order chi connectivity index (χ0) is 25.1. The van der Waals surface area contributed by atoms with Crippen molar-refractivity contribution in [2.24, 2.45) is 0 Å². The van der Waals surface area contributed by atoms with Crippen LogP contribution in [-0.2, 0) is 28.5 Å². The van der Waals surface area contributed by atoms with Gasteiger partial charge in [0, 0.05) is 36.3 Å². The Bertz CT molecular complexity index is 1500. The Morgan fingerprint density at radius 1 is 1.03 bits per heavy atom. The summed E-state index contributed by atoms with van der Waals surface area (Å²) in [6.45, 7) is 6.71. The summed E-state index contributed by atoms with van der Waals surface area (Å²) in [6.07, 6.45) is 2.56. The highest BCUT2D eigenvalue weighted by Gasteiger charge is 2.50. The van der Waals surface area contributed by atoms with Crippen molar-refractivity contribution in [3.8, 4) is 11.5 Å². The van der Waals surface area contributed by atoms with Gasteiger partial charge in [-0.05, 0) is 65.4 Å². The van der Waals surface area contributed by atoms with Crippen LogP contribution in [0.25, 0.3) is 10.9 Å². The summed E-state index contributed by atoms with van der Waals surface area (Å²) in [4.78, 5) is 17.2. The normalized spacial score (nSPS) is 15.9. The van der Waals surface area contributed by atoms with E-state index in [1.807, 2.05) is 36.4 Å². The molecule has 1 aromatic heterocycles. The standard InChI is InChI=1S/C31H30FNO3.H2/c1-30(2,3)29-23(16-20-6-4-5-7-24(20)32)22-14-19(8-10-25(22)33-29)15-28(34)31(12-13-31)21-9-11-26-27(17-21)36-18-35-26;/h4-11,14,17,33H,12-13,15-16,18H2,1-3H3;1H. The van der Waals surface area contributed by atoms with Gasteiger partial charge >= 0.3 is 0 Å². The molecule has 4 nitrogen and oxygen atoms in total. The van der Waals surface area contributed by atoms with Crippen LogP contribution < -0.4 is 9.47 Å². The van der Waals surface area contributed by atoms with Crippen molar-refractivity contribution < 1.29 is 20.1 Å². The number of hydrogen-bond donors (Lipinski definition) is 1. The number of carbonyl (C=O) groups is 1. The van der Waals surface area contributed by atoms with Crippen LogP contribution in [0.5, 0.6) is 11.5 Å². The second kappa shape index (κ2) is 8.22. The van der Waals surface area contributed by atoms with E-state index >= 15 is 0 Å². The average molecular weight is 486 g/mol. The van der Waals surface area contributed by atoms with E-state index < -0.39 is 5.41 Å². The van der Waals surface area contributed by atoms with Crippen LogP contribution in [0.1, 0.15) is 63.0 Å². The Balaban J connectivity index is 0.00000280. The maximum Gasteiger partial charge on any atom is 0.231 e. The fraction of sp³-hybridized carbons (Fsp3) is 0.323. The van der Waals surface area contributed by atoms with Crippen LogP contribution >= 0.6 is 0 Å². The Morgan fingerprint density at radius 3 is 2.56 bits per heavy atom. The van der Waals surface area contributed by atoms with E-state index in [1.54, 1.807) is 6.07 Å². The number of aromatic nitrogens is 1. The number of fused-ring (bicyclic) bond motifs is 2. The number of hydrogen-bond acceptors (Lipinski definition) is 3. The molecule has 1 N–H and O–H groups in total. The van der Waals surface area contributed by atoms with E-state index in [0.717, 1.165) is 51.9 Å². The fourth-order valence-electron chi connectivity index (χ4n) is 5.46. The van der Waals surface area contributed by atoms with Gasteiger partial charge < -0.3 is 14.5 Å². The molecule has 186 valence electrons. The average Bonchev–Trinajstić information content (AvgIpc) is 3.39. The molecule has 1 fully saturated rings. The summed E-state index contributed by atoms with van der Waals surface area (Å²) in [7, 11) is 0. The Kier molecular flexibility index (Phi) is 5.22. The summed E-state index contributed by atoms with van der Waals surface area (Å²) in [5.74, 6) is 1.48. The Hall–Kier alpha value is -3.60. The second-order valence-electron chi connectivity index (χ2n) is 11.1. The van der Waals surface area contributed by atoms with Crippen LogP contribution in [0.2, 0.25) is 0 Å². The number of ketones is 1. The molecule has 4 aromatic rings. The first-order chi connectivity index (χ1) is 17.2. The van der Waals surface area contributed by atoms with E-state index in [4.69, 9.17) is 9.47 Å². The summed E-state index contributed by atoms with van der Waals surface area (Å²) < 4.78 is 25.6. The van der Waals surface area contributed by atoms with Gasteiger partial charge in [0.25, 0.3) is 0 Å². The van der Waals surface area contributed by atoms with Crippen molar-refractivity contribution in [2.45, 2.75) is 57.3 Å². The lowest BCUT2D eigenvalue weighted by molar-refractivity contribution is -0.120. The molecule has 0 unspecified atom stereocenters. The van der Waals surface area contributed by atoms with E-state index in [0.29, 0.717) is 24.2 Å². The molecule has 0 atom stereocenters. The maximum absolute atomic E-state index is 14.6. The minimum absolute atomic E-state index is 0. The molecule has 0 radical (unpaired) electrons. The molecular weight excluding hydrogens is 453 g/mol. The van der Waals surface area contributed by atoms with Crippen molar-refractivity contribution in [3.05, 3.63) is 94.4 Å². The van der Waals surface area contributed by atoms with Gasteiger partial charge in [0.1, 0.15) is 11.6 Å². The number of benzene rings is 3. The number of rotatable bonds is 6. The van der Waals surface area contributed by atoms with Crippen LogP contribution in [0, 0.1) is 5.82 Å². The maximum atomic E-state index is 14.6. The molecular formula is C31H32FNO3. The molecule has 0 bridgehead atoms. The molecule has 2 heterocycles. The highest BCUT2D eigenvalue weighted by Crippen LogP contribution is 2.51. The van der Waals surface area contributed by atoms with Crippen molar-refractivity contribution in [1.29, 1.82) is 0 Å². The Labute approximate surface area is 211 Å². The van der Waals surface area contributed by atoms with Crippen molar-refractivity contribution in [2.75, 3.05) is 6.79 Å². The summed E-state index contributed by atoms with van der Waals surface area (Å²) >= 11 is 0. The molecule has 1 saturated carbocycles. The molecule has 36 heavy (non-hydrogen) atoms. The lowest BCUT2D eigenvalue weighted by Gasteiger charge is -2.20. The first-order valence-corrected chi connectivity index (χ1v) is 12.6. The quantitative estimate of drug-likeness (QED) is 0.319. The van der Waals surface area contributed by atoms with Gasteiger partial charge in [0.15, 0.2) is 11.5 Å². The molecule has 6 rings (SSSR count). The number of H-pyrrole nitrogens is 1. The summed E-state index contributed by atoms with van der Waals surface area (Å²) in [6, 6.07) is 19.0. The largest absolute Gasteiger partial charge is 0.454 e. The third kappa shape index (κ3) is 3.87. The third-order valence-electron chi connectivity index (χ3n) is 7.62. The zero-order valence-corrected chi connectivity index (χ0v) is 20.9. The highest BCUT2D eigenvalue weighted by molar-refractivity contribution is 5.96. The summed E-state index contributed by atoms with van der Waals surface area (Å²) in [5, 5.41) is 1.06. The Morgan fingerprint density at radius 2 is 1.81 bits per heavy atom. The van der Waals surface area contributed by atoms with Crippen molar-refractivity contribution >= 4 is 16.7 Å². The van der Waals surface area contributed by atoms with Gasteiger partial charge in [-0.15, -0.1) is 0 Å². The molecule has 0 saturated heterocycles. The summed E-state index contributed by atoms with van der Waals surface area (Å²) in [5.41, 5.74) is 5.29. The first-order valence-electron chi connectivity index (χ1n) is 12.6. The van der Waals surface area contributed by atoms with Crippen molar-refractivity contribution in [3.63, 3.8) is 0 Å². The minimum atomic E-state index is -0.444. The van der Waals surface area contributed by atoms with E-state index in [1.165, 1.54) is 6.07 Å². The number of carbonyl (C=O) groups excluding carboxylic acids is 1. The van der Waals surface area contributed by atoms with Gasteiger partial charge in [-0.25, -0.2) is 4.39 Å². The number of halogens is 1. The van der Waals surface area contributed by atoms with Crippen LogP contribution in [-0.4, -0.2) is 17.6 Å². The second-order valence-corrected chi connectivity index (χ2v) is 11.1. The molecule has 5 heteroatoms. The fourth-order valence-corrected chi connectivity index (χ4v) is 5.46.